The van der Waals surface area contributed by atoms with Crippen molar-refractivity contribution in [3.8, 4) is 5.75 Å². The molecule has 0 aliphatic carbocycles. The Hall–Kier alpha value is -2.38. The van der Waals surface area contributed by atoms with E-state index < -0.39 is 10.0 Å². The number of aryl methyl sites for hydroxylation is 1. The van der Waals surface area contributed by atoms with Crippen LogP contribution in [0.4, 0.5) is 5.69 Å². The molecule has 0 aliphatic rings. The number of nitrogens with zero attached hydrogens (tertiary/aromatic N) is 1. The molecule has 6 nitrogen and oxygen atoms in total. The van der Waals surface area contributed by atoms with Crippen LogP contribution in [0.3, 0.4) is 0 Å². The third-order valence-corrected chi connectivity index (χ3v) is 5.47. The molecule has 134 valence electrons. The Morgan fingerprint density at radius 1 is 1.12 bits per heavy atom. The number of sulfonamides is 1. The lowest BCUT2D eigenvalue weighted by Gasteiger charge is -2.14. The van der Waals surface area contributed by atoms with Crippen molar-refractivity contribution in [2.75, 3.05) is 26.0 Å². The second-order valence-electron chi connectivity index (χ2n) is 5.68. The van der Waals surface area contributed by atoms with E-state index >= 15 is 0 Å². The minimum atomic E-state index is -3.60. The maximum absolute atomic E-state index is 12.5. The Balaban J connectivity index is 2.27. The molecule has 0 saturated heterocycles. The molecule has 0 atom stereocenters. The number of hydrogen-bond donors (Lipinski definition) is 1. The zero-order chi connectivity index (χ0) is 18.6. The van der Waals surface area contributed by atoms with Gasteiger partial charge in [-0.25, -0.2) is 12.7 Å². The van der Waals surface area contributed by atoms with Gasteiger partial charge in [-0.1, -0.05) is 6.07 Å². The standard InChI is InChI=1S/C18H22N2O4S/c1-5-24-15-9-7-14(8-10-15)19-18(21)17-12-16(11-6-13(17)2)25(22,23)20(3)4/h6-12H,5H2,1-4H3,(H,19,21). The summed E-state index contributed by atoms with van der Waals surface area (Å²) < 4.78 is 31.0. The lowest BCUT2D eigenvalue weighted by Crippen LogP contribution is -2.23. The van der Waals surface area contributed by atoms with Crippen LogP contribution in [0, 0.1) is 6.92 Å². The number of amides is 1. The molecule has 0 heterocycles. The molecule has 7 heteroatoms. The van der Waals surface area contributed by atoms with Crippen LogP contribution in [0.2, 0.25) is 0 Å². The molecule has 0 spiro atoms. The Labute approximate surface area is 148 Å². The zero-order valence-corrected chi connectivity index (χ0v) is 15.6. The lowest BCUT2D eigenvalue weighted by atomic mass is 10.1. The summed E-state index contributed by atoms with van der Waals surface area (Å²) >= 11 is 0. The van der Waals surface area contributed by atoms with Gasteiger partial charge in [-0.05, 0) is 55.8 Å². The Morgan fingerprint density at radius 3 is 2.32 bits per heavy atom. The van der Waals surface area contributed by atoms with Crippen LogP contribution in [0.1, 0.15) is 22.8 Å². The van der Waals surface area contributed by atoms with Gasteiger partial charge in [0.2, 0.25) is 10.0 Å². The summed E-state index contributed by atoms with van der Waals surface area (Å²) in [4.78, 5) is 12.6. The molecule has 1 N–H and O–H groups in total. The lowest BCUT2D eigenvalue weighted by molar-refractivity contribution is 0.102. The van der Waals surface area contributed by atoms with Crippen LogP contribution in [-0.4, -0.2) is 39.3 Å². The fourth-order valence-corrected chi connectivity index (χ4v) is 3.15. The number of ether oxygens (including phenoxy) is 1. The Morgan fingerprint density at radius 2 is 1.76 bits per heavy atom. The summed E-state index contributed by atoms with van der Waals surface area (Å²) in [7, 11) is -0.691. The molecule has 2 rings (SSSR count). The highest BCUT2D eigenvalue weighted by atomic mass is 32.2. The van der Waals surface area contributed by atoms with Gasteiger partial charge in [0.25, 0.3) is 5.91 Å². The Bertz CT molecular complexity index is 859. The maximum Gasteiger partial charge on any atom is 0.255 e. The van der Waals surface area contributed by atoms with Crippen molar-refractivity contribution in [2.45, 2.75) is 18.7 Å². The van der Waals surface area contributed by atoms with Gasteiger partial charge in [0.1, 0.15) is 5.75 Å². The van der Waals surface area contributed by atoms with Gasteiger partial charge in [0, 0.05) is 25.3 Å². The first-order valence-electron chi connectivity index (χ1n) is 7.83. The van der Waals surface area contributed by atoms with Crippen molar-refractivity contribution in [2.24, 2.45) is 0 Å². The van der Waals surface area contributed by atoms with Gasteiger partial charge in [0.05, 0.1) is 11.5 Å². The maximum atomic E-state index is 12.5. The van der Waals surface area contributed by atoms with E-state index in [1.807, 2.05) is 6.92 Å². The first-order valence-corrected chi connectivity index (χ1v) is 9.27. The quantitative estimate of drug-likeness (QED) is 0.857. The monoisotopic (exact) mass is 362 g/mol. The number of carbonyl (C=O) groups is 1. The largest absolute Gasteiger partial charge is 0.494 e. The number of hydrogen-bond acceptors (Lipinski definition) is 4. The van der Waals surface area contributed by atoms with E-state index in [9.17, 15) is 13.2 Å². The highest BCUT2D eigenvalue weighted by Gasteiger charge is 2.20. The first-order chi connectivity index (χ1) is 11.8. The number of anilines is 1. The second-order valence-corrected chi connectivity index (χ2v) is 7.83. The topological polar surface area (TPSA) is 75.7 Å². The number of rotatable bonds is 6. The number of benzene rings is 2. The van der Waals surface area contributed by atoms with E-state index in [-0.39, 0.29) is 10.8 Å². The third kappa shape index (κ3) is 4.37. The molecule has 25 heavy (non-hydrogen) atoms. The smallest absolute Gasteiger partial charge is 0.255 e. The first kappa shape index (κ1) is 19.0. The van der Waals surface area contributed by atoms with Gasteiger partial charge in [-0.2, -0.15) is 0 Å². The van der Waals surface area contributed by atoms with E-state index in [4.69, 9.17) is 4.74 Å². The predicted octanol–water partition coefficient (Wildman–Crippen LogP) is 2.90. The van der Waals surface area contributed by atoms with Crippen molar-refractivity contribution < 1.29 is 17.9 Å². The predicted molar refractivity (Wildman–Crippen MR) is 97.6 cm³/mol. The highest BCUT2D eigenvalue weighted by Crippen LogP contribution is 2.20. The zero-order valence-electron chi connectivity index (χ0n) is 14.7. The second kappa shape index (κ2) is 7.67. The van der Waals surface area contributed by atoms with Crippen molar-refractivity contribution in [1.82, 2.24) is 4.31 Å². The van der Waals surface area contributed by atoms with Crippen molar-refractivity contribution in [3.05, 3.63) is 53.6 Å². The average Bonchev–Trinajstić information content (AvgIpc) is 2.56. The van der Waals surface area contributed by atoms with Crippen LogP contribution in [0.5, 0.6) is 5.75 Å². The molecule has 0 bridgehead atoms. The van der Waals surface area contributed by atoms with E-state index in [2.05, 4.69) is 5.32 Å². The summed E-state index contributed by atoms with van der Waals surface area (Å²) in [6, 6.07) is 11.5. The SMILES string of the molecule is CCOc1ccc(NC(=O)c2cc(S(=O)(=O)N(C)C)ccc2C)cc1. The van der Waals surface area contributed by atoms with Crippen LogP contribution < -0.4 is 10.1 Å². The minimum Gasteiger partial charge on any atom is -0.494 e. The molecule has 0 fully saturated rings. The minimum absolute atomic E-state index is 0.0833. The van der Waals surface area contributed by atoms with Crippen LogP contribution in [0.15, 0.2) is 47.4 Å². The van der Waals surface area contributed by atoms with Crippen LogP contribution in [-0.2, 0) is 10.0 Å². The average molecular weight is 362 g/mol. The van der Waals surface area contributed by atoms with Gasteiger partial charge in [0.15, 0.2) is 0 Å². The summed E-state index contributed by atoms with van der Waals surface area (Å²) in [6.45, 7) is 4.23. The molecule has 2 aromatic carbocycles. The van der Waals surface area contributed by atoms with Crippen molar-refractivity contribution >= 4 is 21.6 Å². The van der Waals surface area contributed by atoms with E-state index in [0.29, 0.717) is 23.4 Å². The summed E-state index contributed by atoms with van der Waals surface area (Å²) in [6.07, 6.45) is 0. The molecule has 0 radical (unpaired) electrons. The van der Waals surface area contributed by atoms with E-state index in [0.717, 1.165) is 10.1 Å². The van der Waals surface area contributed by atoms with Gasteiger partial charge < -0.3 is 10.1 Å². The Kier molecular flexibility index (Phi) is 5.81. The number of nitrogens with one attached hydrogen (secondary N) is 1. The molecular weight excluding hydrogens is 340 g/mol. The number of carbonyl (C=O) groups excluding carboxylic acids is 1. The molecule has 0 saturated carbocycles. The normalized spacial score (nSPS) is 11.4. The molecule has 1 amide bonds. The fourth-order valence-electron chi connectivity index (χ4n) is 2.22. The van der Waals surface area contributed by atoms with Gasteiger partial charge in [-0.15, -0.1) is 0 Å². The summed E-state index contributed by atoms with van der Waals surface area (Å²) in [5.41, 5.74) is 1.62. The van der Waals surface area contributed by atoms with Crippen molar-refractivity contribution in [3.63, 3.8) is 0 Å². The molecular formula is C18H22N2O4S. The van der Waals surface area contributed by atoms with E-state index in [1.165, 1.54) is 26.2 Å². The fraction of sp³-hybridized carbons (Fsp3) is 0.278. The van der Waals surface area contributed by atoms with E-state index in [1.54, 1.807) is 37.3 Å². The van der Waals surface area contributed by atoms with Crippen molar-refractivity contribution in [1.29, 1.82) is 0 Å². The summed E-state index contributed by atoms with van der Waals surface area (Å²) in [5.74, 6) is 0.355. The highest BCUT2D eigenvalue weighted by molar-refractivity contribution is 7.89. The third-order valence-electron chi connectivity index (χ3n) is 3.66. The molecule has 0 aliphatic heterocycles. The van der Waals surface area contributed by atoms with Crippen LogP contribution >= 0.6 is 0 Å². The summed E-state index contributed by atoms with van der Waals surface area (Å²) in [5, 5.41) is 2.77. The van der Waals surface area contributed by atoms with Crippen LogP contribution in [0.25, 0.3) is 0 Å². The molecule has 0 aromatic heterocycles. The molecule has 0 unspecified atom stereocenters. The van der Waals surface area contributed by atoms with Gasteiger partial charge in [-0.3, -0.25) is 4.79 Å². The molecule has 2 aromatic rings. The van der Waals surface area contributed by atoms with Gasteiger partial charge >= 0.3 is 0 Å².